The molecule has 4 aromatic rings. The summed E-state index contributed by atoms with van der Waals surface area (Å²) >= 11 is 3.56. The molecule has 7 nitrogen and oxygen atoms in total. The minimum absolute atomic E-state index is 0.265. The molecular weight excluding hydrogens is 657 g/mol. The second-order valence-electron chi connectivity index (χ2n) is 10.5. The van der Waals surface area contributed by atoms with Gasteiger partial charge in [-0.1, -0.05) is 60.7 Å². The summed E-state index contributed by atoms with van der Waals surface area (Å²) in [6.07, 6.45) is 2.68. The Labute approximate surface area is 263 Å². The number of nitrogens with zero attached hydrogens (tertiary/aromatic N) is 3. The molecule has 0 radical (unpaired) electrons. The third-order valence-electron chi connectivity index (χ3n) is 7.63. The summed E-state index contributed by atoms with van der Waals surface area (Å²) in [5.41, 5.74) is -0.682. The number of aromatic nitrogens is 1. The quantitative estimate of drug-likeness (QED) is 0.191. The first-order chi connectivity index (χ1) is 21.0. The molecule has 0 bridgehead atoms. The molecule has 0 fully saturated rings. The maximum atomic E-state index is 13.8. The standard InChI is InChI=1S/C32H32BrF3N4O3S/c1-43-28-15-12-24(13-16-28)18-38-30-17-26(37-19-29(30)33)21-40-27(14-11-23-7-3-2-4-8-23)22-39(44(41,42)32(34,35)36)20-25-9-5-6-10-31(25)40/h2-10,12-13,15-17,19,27H,11,14,18,20-22H2,1H3,(H,37,38). The zero-order valence-corrected chi connectivity index (χ0v) is 26.4. The summed E-state index contributed by atoms with van der Waals surface area (Å²) in [6.45, 7) is 0.116. The lowest BCUT2D eigenvalue weighted by atomic mass is 10.0. The summed E-state index contributed by atoms with van der Waals surface area (Å²) in [7, 11) is -3.95. The minimum atomic E-state index is -5.56. The molecule has 0 amide bonds. The fourth-order valence-electron chi connectivity index (χ4n) is 5.30. The van der Waals surface area contributed by atoms with Gasteiger partial charge in [0.25, 0.3) is 0 Å². The largest absolute Gasteiger partial charge is 0.511 e. The fraction of sp³-hybridized carbons (Fsp3) is 0.281. The molecule has 0 saturated heterocycles. The number of halogens is 4. The van der Waals surface area contributed by atoms with Crippen LogP contribution in [0.4, 0.5) is 24.5 Å². The number of alkyl halides is 3. The number of nitrogens with one attached hydrogen (secondary N) is 1. The number of hydrogen-bond donors (Lipinski definition) is 1. The smallest absolute Gasteiger partial charge is 0.497 e. The topological polar surface area (TPSA) is 74.8 Å². The lowest BCUT2D eigenvalue weighted by Crippen LogP contribution is -2.47. The van der Waals surface area contributed by atoms with Crippen LogP contribution in [-0.2, 0) is 36.1 Å². The van der Waals surface area contributed by atoms with E-state index in [0.29, 0.717) is 40.6 Å². The van der Waals surface area contributed by atoms with Gasteiger partial charge in [0, 0.05) is 37.6 Å². The van der Waals surface area contributed by atoms with Crippen molar-refractivity contribution in [2.24, 2.45) is 0 Å². The number of aryl methyl sites for hydroxylation is 1. The van der Waals surface area contributed by atoms with Crippen LogP contribution in [0.1, 0.15) is 28.8 Å². The van der Waals surface area contributed by atoms with Crippen LogP contribution < -0.4 is 15.0 Å². The van der Waals surface area contributed by atoms with Gasteiger partial charge in [0.2, 0.25) is 0 Å². The van der Waals surface area contributed by atoms with Gasteiger partial charge in [0.15, 0.2) is 0 Å². The van der Waals surface area contributed by atoms with E-state index in [1.807, 2.05) is 77.7 Å². The zero-order chi connectivity index (χ0) is 31.3. The van der Waals surface area contributed by atoms with Crippen LogP contribution in [0.2, 0.25) is 0 Å². The van der Waals surface area contributed by atoms with E-state index in [1.54, 1.807) is 25.4 Å². The molecule has 0 saturated carbocycles. The summed E-state index contributed by atoms with van der Waals surface area (Å²) in [4.78, 5) is 6.61. The number of sulfonamides is 1. The fourth-order valence-corrected chi connectivity index (χ4v) is 6.62. The van der Waals surface area contributed by atoms with Crippen molar-refractivity contribution in [3.63, 3.8) is 0 Å². The first kappa shape index (κ1) is 31.8. The number of fused-ring (bicyclic) bond motifs is 1. The number of rotatable bonds is 10. The van der Waals surface area contributed by atoms with Crippen LogP contribution in [-0.4, -0.2) is 42.9 Å². The molecule has 0 spiro atoms. The van der Waals surface area contributed by atoms with Gasteiger partial charge < -0.3 is 15.0 Å². The van der Waals surface area contributed by atoms with E-state index in [1.165, 1.54) is 0 Å². The monoisotopic (exact) mass is 688 g/mol. The Hall–Kier alpha value is -3.61. The van der Waals surface area contributed by atoms with Crippen LogP contribution in [0.15, 0.2) is 95.6 Å². The van der Waals surface area contributed by atoms with Crippen LogP contribution in [0.3, 0.4) is 0 Å². The van der Waals surface area contributed by atoms with Crippen LogP contribution in [0.5, 0.6) is 5.75 Å². The summed E-state index contributed by atoms with van der Waals surface area (Å²) in [5.74, 6) is 0.766. The van der Waals surface area contributed by atoms with Gasteiger partial charge in [0.1, 0.15) is 5.75 Å². The number of pyridine rings is 1. The highest BCUT2D eigenvalue weighted by Crippen LogP contribution is 2.36. The molecule has 1 aromatic heterocycles. The van der Waals surface area contributed by atoms with Crippen molar-refractivity contribution in [3.8, 4) is 5.75 Å². The highest BCUT2D eigenvalue weighted by molar-refractivity contribution is 9.10. The Bertz CT molecular complexity index is 1670. The summed E-state index contributed by atoms with van der Waals surface area (Å²) in [5, 5.41) is 3.42. The Morgan fingerprint density at radius 1 is 1.00 bits per heavy atom. The predicted octanol–water partition coefficient (Wildman–Crippen LogP) is 7.14. The van der Waals surface area contributed by atoms with Gasteiger partial charge >= 0.3 is 15.5 Å². The Morgan fingerprint density at radius 2 is 1.70 bits per heavy atom. The van der Waals surface area contributed by atoms with Crippen molar-refractivity contribution in [1.29, 1.82) is 0 Å². The van der Waals surface area contributed by atoms with Gasteiger partial charge in [-0.15, -0.1) is 0 Å². The summed E-state index contributed by atoms with van der Waals surface area (Å²) < 4.78 is 73.4. The van der Waals surface area contributed by atoms with Crippen molar-refractivity contribution in [3.05, 3.63) is 118 Å². The molecule has 44 heavy (non-hydrogen) atoms. The van der Waals surface area contributed by atoms with Gasteiger partial charge in [-0.05, 0) is 69.7 Å². The second kappa shape index (κ2) is 13.6. The molecular formula is C32H32BrF3N4O3S. The molecule has 1 aliphatic rings. The van der Waals surface area contributed by atoms with Gasteiger partial charge in [-0.25, -0.2) is 8.42 Å². The number of hydrogen-bond acceptors (Lipinski definition) is 6. The lowest BCUT2D eigenvalue weighted by molar-refractivity contribution is -0.0492. The number of benzene rings is 3. The minimum Gasteiger partial charge on any atom is -0.497 e. The molecule has 1 atom stereocenters. The zero-order valence-electron chi connectivity index (χ0n) is 24.0. The van der Waals surface area contributed by atoms with Crippen molar-refractivity contribution >= 4 is 37.3 Å². The van der Waals surface area contributed by atoms with E-state index in [2.05, 4.69) is 26.2 Å². The third-order valence-corrected chi connectivity index (χ3v) is 9.81. The number of methoxy groups -OCH3 is 1. The van der Waals surface area contributed by atoms with E-state index >= 15 is 0 Å². The maximum Gasteiger partial charge on any atom is 0.511 e. The van der Waals surface area contributed by atoms with Crippen molar-refractivity contribution in [1.82, 2.24) is 9.29 Å². The second-order valence-corrected chi connectivity index (χ2v) is 13.3. The molecule has 1 N–H and O–H groups in total. The van der Waals surface area contributed by atoms with Crippen molar-refractivity contribution < 1.29 is 26.3 Å². The third kappa shape index (κ3) is 7.36. The molecule has 1 aliphatic heterocycles. The lowest BCUT2D eigenvalue weighted by Gasteiger charge is -2.34. The first-order valence-electron chi connectivity index (χ1n) is 14.0. The van der Waals surface area contributed by atoms with Gasteiger partial charge in [-0.2, -0.15) is 17.5 Å². The average Bonchev–Trinajstić information content (AvgIpc) is 3.17. The normalized spacial score (nSPS) is 15.8. The van der Waals surface area contributed by atoms with Gasteiger partial charge in [0.05, 0.1) is 29.5 Å². The highest BCUT2D eigenvalue weighted by atomic mass is 79.9. The van der Waals surface area contributed by atoms with Crippen LogP contribution >= 0.6 is 15.9 Å². The summed E-state index contributed by atoms with van der Waals surface area (Å²) in [6, 6.07) is 25.7. The Kier molecular flexibility index (Phi) is 9.81. The molecule has 1 unspecified atom stereocenters. The van der Waals surface area contributed by atoms with E-state index in [-0.39, 0.29) is 19.6 Å². The number of anilines is 2. The SMILES string of the molecule is COc1ccc(CNc2cc(CN3c4ccccc4CN(S(=O)(=O)C(F)(F)F)CC3CCc3ccccc3)ncc2Br)cc1. The molecule has 5 rings (SSSR count). The Balaban J connectivity index is 1.46. The average molecular weight is 690 g/mol. The Morgan fingerprint density at radius 3 is 2.41 bits per heavy atom. The maximum absolute atomic E-state index is 13.8. The number of ether oxygens (including phenoxy) is 1. The van der Waals surface area contributed by atoms with E-state index in [0.717, 1.165) is 27.0 Å². The van der Waals surface area contributed by atoms with Crippen molar-refractivity contribution in [2.45, 2.75) is 44.0 Å². The molecule has 12 heteroatoms. The predicted molar refractivity (Wildman–Crippen MR) is 169 cm³/mol. The van der Waals surface area contributed by atoms with Crippen LogP contribution in [0, 0.1) is 0 Å². The van der Waals surface area contributed by atoms with Gasteiger partial charge in [-0.3, -0.25) is 4.98 Å². The van der Waals surface area contributed by atoms with Crippen LogP contribution in [0.25, 0.3) is 0 Å². The van der Waals surface area contributed by atoms with E-state index in [4.69, 9.17) is 4.74 Å². The van der Waals surface area contributed by atoms with E-state index < -0.39 is 21.6 Å². The highest BCUT2D eigenvalue weighted by Gasteiger charge is 2.51. The number of para-hydroxylation sites is 1. The molecule has 3 aromatic carbocycles. The molecule has 2 heterocycles. The first-order valence-corrected chi connectivity index (χ1v) is 16.2. The van der Waals surface area contributed by atoms with Crippen molar-refractivity contribution in [2.75, 3.05) is 23.9 Å². The molecule has 232 valence electrons. The molecule has 0 aliphatic carbocycles. The van der Waals surface area contributed by atoms with E-state index in [9.17, 15) is 21.6 Å².